The third-order valence-corrected chi connectivity index (χ3v) is 4.22. The van der Waals surface area contributed by atoms with Crippen LogP contribution in [0, 0.1) is 6.92 Å². The van der Waals surface area contributed by atoms with Crippen LogP contribution >= 0.6 is 0 Å². The fourth-order valence-corrected chi connectivity index (χ4v) is 3.17. The summed E-state index contributed by atoms with van der Waals surface area (Å²) in [7, 11) is 0. The number of nitrogens with one attached hydrogen (secondary N) is 1. The van der Waals surface area contributed by atoms with Gasteiger partial charge in [0.1, 0.15) is 5.82 Å². The molecule has 1 N–H and O–H groups in total. The van der Waals surface area contributed by atoms with E-state index in [1.165, 1.54) is 19.3 Å². The first kappa shape index (κ1) is 13.9. The van der Waals surface area contributed by atoms with Crippen LogP contribution in [0.15, 0.2) is 24.5 Å². The van der Waals surface area contributed by atoms with E-state index in [2.05, 4.69) is 14.9 Å². The molecule has 0 aliphatic carbocycles. The van der Waals surface area contributed by atoms with E-state index in [9.17, 15) is 4.79 Å². The van der Waals surface area contributed by atoms with Crippen molar-refractivity contribution in [2.75, 3.05) is 18.0 Å². The minimum atomic E-state index is 0.129. The first-order chi connectivity index (χ1) is 10.2. The largest absolute Gasteiger partial charge is 0.358 e. The Hall–Kier alpha value is -2.10. The summed E-state index contributed by atoms with van der Waals surface area (Å²) >= 11 is 0. The maximum Gasteiger partial charge on any atom is 0.163 e. The standard InChI is InChI=1S/C17H21N3O/c1-12-15(13(2)21)17(20-10-4-3-5-11-20)19-16(12)14-6-8-18-9-7-14/h6-9,19H,3-5,10-11H2,1-2H3. The van der Waals surface area contributed by atoms with E-state index in [1.807, 2.05) is 19.1 Å². The van der Waals surface area contributed by atoms with Gasteiger partial charge in [-0.15, -0.1) is 0 Å². The normalized spacial score (nSPS) is 15.2. The van der Waals surface area contributed by atoms with Crippen LogP contribution in [0.4, 0.5) is 5.82 Å². The van der Waals surface area contributed by atoms with E-state index in [0.29, 0.717) is 0 Å². The van der Waals surface area contributed by atoms with Crippen molar-refractivity contribution in [2.24, 2.45) is 0 Å². The molecule has 1 aliphatic heterocycles. The zero-order valence-electron chi connectivity index (χ0n) is 12.6. The number of hydrogen-bond acceptors (Lipinski definition) is 3. The summed E-state index contributed by atoms with van der Waals surface area (Å²) in [5.74, 6) is 1.12. The highest BCUT2D eigenvalue weighted by Crippen LogP contribution is 2.33. The van der Waals surface area contributed by atoms with Gasteiger partial charge in [0.25, 0.3) is 0 Å². The number of anilines is 1. The number of aromatic amines is 1. The highest BCUT2D eigenvalue weighted by atomic mass is 16.1. The predicted octanol–water partition coefficient (Wildman–Crippen LogP) is 3.58. The summed E-state index contributed by atoms with van der Waals surface area (Å²) in [6, 6.07) is 3.95. The van der Waals surface area contributed by atoms with Crippen molar-refractivity contribution in [3.8, 4) is 11.3 Å². The lowest BCUT2D eigenvalue weighted by Gasteiger charge is -2.28. The van der Waals surface area contributed by atoms with Crippen molar-refractivity contribution in [2.45, 2.75) is 33.1 Å². The molecule has 4 heteroatoms. The number of rotatable bonds is 3. The number of hydrogen-bond donors (Lipinski definition) is 1. The zero-order valence-corrected chi connectivity index (χ0v) is 12.6. The molecule has 0 bridgehead atoms. The predicted molar refractivity (Wildman–Crippen MR) is 84.8 cm³/mol. The number of carbonyl (C=O) groups is 1. The number of aromatic nitrogens is 2. The Kier molecular flexibility index (Phi) is 3.78. The average Bonchev–Trinajstić information content (AvgIpc) is 2.87. The van der Waals surface area contributed by atoms with Gasteiger partial charge in [-0.05, 0) is 50.8 Å². The molecule has 3 rings (SSSR count). The molecular weight excluding hydrogens is 262 g/mol. The van der Waals surface area contributed by atoms with Gasteiger partial charge in [0.05, 0.1) is 11.3 Å². The molecule has 0 spiro atoms. The third kappa shape index (κ3) is 2.58. The molecule has 0 amide bonds. The molecule has 4 nitrogen and oxygen atoms in total. The van der Waals surface area contributed by atoms with Crippen LogP contribution in [-0.4, -0.2) is 28.8 Å². The molecule has 0 unspecified atom stereocenters. The molecule has 0 saturated carbocycles. The highest BCUT2D eigenvalue weighted by Gasteiger charge is 2.23. The Bertz CT molecular complexity index is 640. The van der Waals surface area contributed by atoms with E-state index in [4.69, 9.17) is 0 Å². The molecule has 2 aromatic heterocycles. The highest BCUT2D eigenvalue weighted by molar-refractivity contribution is 6.02. The summed E-state index contributed by atoms with van der Waals surface area (Å²) in [6.45, 7) is 5.72. The van der Waals surface area contributed by atoms with Gasteiger partial charge >= 0.3 is 0 Å². The fraction of sp³-hybridized carbons (Fsp3) is 0.412. The average molecular weight is 283 g/mol. The molecule has 110 valence electrons. The monoisotopic (exact) mass is 283 g/mol. The van der Waals surface area contributed by atoms with E-state index in [0.717, 1.165) is 41.3 Å². The van der Waals surface area contributed by atoms with E-state index in [1.54, 1.807) is 19.3 Å². The lowest BCUT2D eigenvalue weighted by molar-refractivity contribution is 0.101. The molecule has 3 heterocycles. The number of H-pyrrole nitrogens is 1. The van der Waals surface area contributed by atoms with Gasteiger partial charge in [-0.3, -0.25) is 9.78 Å². The molecule has 1 saturated heterocycles. The number of piperidine rings is 1. The zero-order chi connectivity index (χ0) is 14.8. The summed E-state index contributed by atoms with van der Waals surface area (Å²) in [6.07, 6.45) is 7.23. The van der Waals surface area contributed by atoms with Gasteiger partial charge in [-0.25, -0.2) is 0 Å². The summed E-state index contributed by atoms with van der Waals surface area (Å²) in [4.78, 5) is 22.0. The maximum atomic E-state index is 12.1. The van der Waals surface area contributed by atoms with E-state index >= 15 is 0 Å². The number of pyridine rings is 1. The van der Waals surface area contributed by atoms with Crippen LogP contribution in [0.25, 0.3) is 11.3 Å². The molecule has 0 atom stereocenters. The second kappa shape index (κ2) is 5.72. The minimum absolute atomic E-state index is 0.129. The van der Waals surface area contributed by atoms with Crippen LogP contribution in [0.1, 0.15) is 42.1 Å². The number of Topliss-reactive ketones (excluding diaryl/α,β-unsaturated/α-hetero) is 1. The van der Waals surface area contributed by atoms with Crippen LogP contribution in [0.3, 0.4) is 0 Å². The van der Waals surface area contributed by atoms with Crippen molar-refractivity contribution in [1.29, 1.82) is 0 Å². The van der Waals surface area contributed by atoms with E-state index < -0.39 is 0 Å². The SMILES string of the molecule is CC(=O)c1c(N2CCCCC2)[nH]c(-c2ccncc2)c1C. The Labute approximate surface area is 125 Å². The lowest BCUT2D eigenvalue weighted by atomic mass is 10.0. The molecular formula is C17H21N3O. The Balaban J connectivity index is 2.09. The van der Waals surface area contributed by atoms with Gasteiger partial charge in [0.15, 0.2) is 5.78 Å². The lowest BCUT2D eigenvalue weighted by Crippen LogP contribution is -2.30. The van der Waals surface area contributed by atoms with Crippen molar-refractivity contribution >= 4 is 11.6 Å². The van der Waals surface area contributed by atoms with Crippen molar-refractivity contribution < 1.29 is 4.79 Å². The van der Waals surface area contributed by atoms with Crippen molar-refractivity contribution in [1.82, 2.24) is 9.97 Å². The third-order valence-electron chi connectivity index (χ3n) is 4.22. The second-order valence-electron chi connectivity index (χ2n) is 5.69. The van der Waals surface area contributed by atoms with Crippen LogP contribution < -0.4 is 4.90 Å². The van der Waals surface area contributed by atoms with Gasteiger partial charge in [0, 0.05) is 31.0 Å². The fourth-order valence-electron chi connectivity index (χ4n) is 3.17. The molecule has 0 radical (unpaired) electrons. The van der Waals surface area contributed by atoms with E-state index in [-0.39, 0.29) is 5.78 Å². The summed E-state index contributed by atoms with van der Waals surface area (Å²) in [5, 5.41) is 0. The molecule has 1 fully saturated rings. The van der Waals surface area contributed by atoms with Gasteiger partial charge in [-0.1, -0.05) is 0 Å². The van der Waals surface area contributed by atoms with Gasteiger partial charge in [-0.2, -0.15) is 0 Å². The van der Waals surface area contributed by atoms with Crippen LogP contribution in [0.5, 0.6) is 0 Å². The van der Waals surface area contributed by atoms with Gasteiger partial charge in [0.2, 0.25) is 0 Å². The molecule has 1 aliphatic rings. The summed E-state index contributed by atoms with van der Waals surface area (Å²) < 4.78 is 0. The summed E-state index contributed by atoms with van der Waals surface area (Å²) in [5.41, 5.74) is 3.98. The van der Waals surface area contributed by atoms with Crippen LogP contribution in [-0.2, 0) is 0 Å². The minimum Gasteiger partial charge on any atom is -0.358 e. The first-order valence-electron chi connectivity index (χ1n) is 7.57. The quantitative estimate of drug-likeness (QED) is 0.876. The molecule has 2 aromatic rings. The second-order valence-corrected chi connectivity index (χ2v) is 5.69. The topological polar surface area (TPSA) is 49.0 Å². The Morgan fingerprint density at radius 1 is 1.19 bits per heavy atom. The van der Waals surface area contributed by atoms with Crippen molar-refractivity contribution in [3.63, 3.8) is 0 Å². The Morgan fingerprint density at radius 2 is 1.86 bits per heavy atom. The smallest absolute Gasteiger partial charge is 0.163 e. The number of ketones is 1. The Morgan fingerprint density at radius 3 is 2.48 bits per heavy atom. The molecule has 21 heavy (non-hydrogen) atoms. The first-order valence-corrected chi connectivity index (χ1v) is 7.57. The van der Waals surface area contributed by atoms with Gasteiger partial charge < -0.3 is 9.88 Å². The maximum absolute atomic E-state index is 12.1. The number of nitrogens with zero attached hydrogens (tertiary/aromatic N) is 2. The van der Waals surface area contributed by atoms with Crippen molar-refractivity contribution in [3.05, 3.63) is 35.7 Å². The molecule has 0 aromatic carbocycles. The van der Waals surface area contributed by atoms with Crippen LogP contribution in [0.2, 0.25) is 0 Å². The number of carbonyl (C=O) groups excluding carboxylic acids is 1.